The van der Waals surface area contributed by atoms with Gasteiger partial charge in [0.2, 0.25) is 0 Å². The van der Waals surface area contributed by atoms with Crippen LogP contribution in [0.2, 0.25) is 0 Å². The van der Waals surface area contributed by atoms with Crippen LogP contribution >= 0.6 is 0 Å². The minimum atomic E-state index is -0.733. The molecule has 0 saturated carbocycles. The molecule has 1 atom stereocenters. The van der Waals surface area contributed by atoms with Crippen LogP contribution < -0.4 is 5.32 Å². The van der Waals surface area contributed by atoms with Gasteiger partial charge in [-0.15, -0.1) is 0 Å². The van der Waals surface area contributed by atoms with Gasteiger partial charge in [0.1, 0.15) is 0 Å². The number of aliphatic carboxylic acids is 1. The van der Waals surface area contributed by atoms with E-state index in [0.717, 1.165) is 12.1 Å². The van der Waals surface area contributed by atoms with Crippen molar-refractivity contribution in [3.63, 3.8) is 0 Å². The average Bonchev–Trinajstić information content (AvgIpc) is 2.29. The topological polar surface area (TPSA) is 49.3 Å². The van der Waals surface area contributed by atoms with Crippen molar-refractivity contribution in [2.75, 3.05) is 11.9 Å². The molecule has 0 amide bonds. The normalized spacial score (nSPS) is 12.1. The Labute approximate surface area is 96.5 Å². The zero-order valence-electron chi connectivity index (χ0n) is 9.86. The Morgan fingerprint density at radius 3 is 2.50 bits per heavy atom. The Kier molecular flexibility index (Phi) is 4.83. The van der Waals surface area contributed by atoms with Gasteiger partial charge in [-0.2, -0.15) is 0 Å². The number of rotatable bonds is 6. The van der Waals surface area contributed by atoms with Gasteiger partial charge in [-0.25, -0.2) is 0 Å². The predicted molar refractivity (Wildman–Crippen MR) is 65.7 cm³/mol. The average molecular weight is 221 g/mol. The van der Waals surface area contributed by atoms with Crippen molar-refractivity contribution in [1.82, 2.24) is 0 Å². The fourth-order valence-electron chi connectivity index (χ4n) is 1.41. The SMILES string of the molecule is CCc1ccc(NCCC(C)C(=O)O)cc1. The zero-order chi connectivity index (χ0) is 12.0. The van der Waals surface area contributed by atoms with Gasteiger partial charge in [0.05, 0.1) is 5.92 Å². The molecule has 0 aliphatic heterocycles. The lowest BCUT2D eigenvalue weighted by Gasteiger charge is -2.09. The third kappa shape index (κ3) is 3.93. The molecular formula is C13H19NO2. The Morgan fingerprint density at radius 1 is 1.38 bits per heavy atom. The molecule has 88 valence electrons. The number of carboxylic acids is 1. The molecule has 3 nitrogen and oxygen atoms in total. The number of carbonyl (C=O) groups is 1. The monoisotopic (exact) mass is 221 g/mol. The fourth-order valence-corrected chi connectivity index (χ4v) is 1.41. The molecule has 0 aliphatic rings. The van der Waals surface area contributed by atoms with E-state index in [9.17, 15) is 4.79 Å². The molecule has 0 aliphatic carbocycles. The van der Waals surface area contributed by atoms with Crippen LogP contribution in [0.1, 0.15) is 25.8 Å². The predicted octanol–water partition coefficient (Wildman–Crippen LogP) is 2.77. The smallest absolute Gasteiger partial charge is 0.306 e. The van der Waals surface area contributed by atoms with Gasteiger partial charge in [-0.05, 0) is 30.5 Å². The second-order valence-corrected chi connectivity index (χ2v) is 4.01. The van der Waals surface area contributed by atoms with Gasteiger partial charge in [-0.1, -0.05) is 26.0 Å². The Bertz CT molecular complexity index is 332. The number of benzene rings is 1. The number of carboxylic acid groups (broad SMARTS) is 1. The summed E-state index contributed by atoms with van der Waals surface area (Å²) in [6.45, 7) is 4.54. The number of aryl methyl sites for hydroxylation is 1. The molecule has 0 fully saturated rings. The molecule has 2 N–H and O–H groups in total. The van der Waals surface area contributed by atoms with E-state index in [0.29, 0.717) is 13.0 Å². The molecule has 0 spiro atoms. The maximum Gasteiger partial charge on any atom is 0.306 e. The Morgan fingerprint density at radius 2 is 2.00 bits per heavy atom. The highest BCUT2D eigenvalue weighted by Gasteiger charge is 2.09. The van der Waals surface area contributed by atoms with Crippen LogP contribution in [0.5, 0.6) is 0 Å². The summed E-state index contributed by atoms with van der Waals surface area (Å²) in [5.74, 6) is -1.02. The molecule has 16 heavy (non-hydrogen) atoms. The first-order valence-corrected chi connectivity index (χ1v) is 5.69. The third-order valence-electron chi connectivity index (χ3n) is 2.69. The lowest BCUT2D eigenvalue weighted by molar-refractivity contribution is -0.141. The standard InChI is InChI=1S/C13H19NO2/c1-3-11-4-6-12(7-5-11)14-9-8-10(2)13(15)16/h4-7,10,14H,3,8-9H2,1-2H3,(H,15,16). The van der Waals surface area contributed by atoms with Crippen molar-refractivity contribution in [2.45, 2.75) is 26.7 Å². The van der Waals surface area contributed by atoms with E-state index in [2.05, 4.69) is 24.4 Å². The van der Waals surface area contributed by atoms with Crippen LogP contribution in [0.4, 0.5) is 5.69 Å². The quantitative estimate of drug-likeness (QED) is 0.776. The zero-order valence-corrected chi connectivity index (χ0v) is 9.86. The van der Waals surface area contributed by atoms with Crippen molar-refractivity contribution in [3.05, 3.63) is 29.8 Å². The molecule has 1 rings (SSSR count). The molecule has 0 heterocycles. The summed E-state index contributed by atoms with van der Waals surface area (Å²) in [6, 6.07) is 8.24. The van der Waals surface area contributed by atoms with E-state index in [-0.39, 0.29) is 5.92 Å². The van der Waals surface area contributed by atoms with Gasteiger partial charge in [0, 0.05) is 12.2 Å². The molecule has 0 aromatic heterocycles. The maximum atomic E-state index is 10.6. The first kappa shape index (κ1) is 12.6. The van der Waals surface area contributed by atoms with E-state index in [1.807, 2.05) is 12.1 Å². The van der Waals surface area contributed by atoms with Crippen molar-refractivity contribution < 1.29 is 9.90 Å². The van der Waals surface area contributed by atoms with Gasteiger partial charge in [0.25, 0.3) is 0 Å². The van der Waals surface area contributed by atoms with Crippen molar-refractivity contribution in [3.8, 4) is 0 Å². The number of hydrogen-bond acceptors (Lipinski definition) is 2. The molecule has 0 radical (unpaired) electrons. The molecule has 1 unspecified atom stereocenters. The molecule has 0 bridgehead atoms. The molecule has 3 heteroatoms. The van der Waals surface area contributed by atoms with Gasteiger partial charge in [-0.3, -0.25) is 4.79 Å². The Balaban J connectivity index is 2.34. The minimum Gasteiger partial charge on any atom is -0.481 e. The Hall–Kier alpha value is -1.51. The second-order valence-electron chi connectivity index (χ2n) is 4.01. The lowest BCUT2D eigenvalue weighted by atomic mass is 10.1. The molecule has 1 aromatic carbocycles. The van der Waals surface area contributed by atoms with Crippen LogP contribution in [0.15, 0.2) is 24.3 Å². The maximum absolute atomic E-state index is 10.6. The summed E-state index contributed by atoms with van der Waals surface area (Å²) in [5.41, 5.74) is 2.36. The van der Waals surface area contributed by atoms with Crippen LogP contribution in [0.25, 0.3) is 0 Å². The molecule has 1 aromatic rings. The highest BCUT2D eigenvalue weighted by molar-refractivity contribution is 5.69. The van der Waals surface area contributed by atoms with Crippen LogP contribution in [-0.2, 0) is 11.2 Å². The van der Waals surface area contributed by atoms with E-state index >= 15 is 0 Å². The number of anilines is 1. The second kappa shape index (κ2) is 6.16. The van der Waals surface area contributed by atoms with E-state index in [1.165, 1.54) is 5.56 Å². The number of nitrogens with one attached hydrogen (secondary N) is 1. The summed E-state index contributed by atoms with van der Waals surface area (Å²) < 4.78 is 0. The fraction of sp³-hybridized carbons (Fsp3) is 0.462. The highest BCUT2D eigenvalue weighted by atomic mass is 16.4. The molecule has 0 saturated heterocycles. The van der Waals surface area contributed by atoms with E-state index in [1.54, 1.807) is 6.92 Å². The minimum absolute atomic E-state index is 0.289. The van der Waals surface area contributed by atoms with Crippen LogP contribution in [0, 0.1) is 5.92 Å². The van der Waals surface area contributed by atoms with E-state index < -0.39 is 5.97 Å². The van der Waals surface area contributed by atoms with Crippen molar-refractivity contribution >= 4 is 11.7 Å². The number of hydrogen-bond donors (Lipinski definition) is 2. The van der Waals surface area contributed by atoms with Gasteiger partial charge >= 0.3 is 5.97 Å². The summed E-state index contributed by atoms with van der Waals surface area (Å²) in [6.07, 6.45) is 1.68. The lowest BCUT2D eigenvalue weighted by Crippen LogP contribution is -2.14. The summed E-state index contributed by atoms with van der Waals surface area (Å²) in [7, 11) is 0. The highest BCUT2D eigenvalue weighted by Crippen LogP contribution is 2.10. The van der Waals surface area contributed by atoms with E-state index in [4.69, 9.17) is 5.11 Å². The first-order valence-electron chi connectivity index (χ1n) is 5.69. The van der Waals surface area contributed by atoms with Gasteiger partial charge in [0.15, 0.2) is 0 Å². The van der Waals surface area contributed by atoms with Crippen molar-refractivity contribution in [2.24, 2.45) is 5.92 Å². The van der Waals surface area contributed by atoms with Crippen LogP contribution in [-0.4, -0.2) is 17.6 Å². The summed E-state index contributed by atoms with van der Waals surface area (Å²) in [5, 5.41) is 11.9. The van der Waals surface area contributed by atoms with Crippen LogP contribution in [0.3, 0.4) is 0 Å². The summed E-state index contributed by atoms with van der Waals surface area (Å²) in [4.78, 5) is 10.6. The summed E-state index contributed by atoms with van der Waals surface area (Å²) >= 11 is 0. The van der Waals surface area contributed by atoms with Crippen molar-refractivity contribution in [1.29, 1.82) is 0 Å². The van der Waals surface area contributed by atoms with Gasteiger partial charge < -0.3 is 10.4 Å². The first-order chi connectivity index (χ1) is 7.63. The third-order valence-corrected chi connectivity index (χ3v) is 2.69. The largest absolute Gasteiger partial charge is 0.481 e. The molecular weight excluding hydrogens is 202 g/mol.